The second-order valence-electron chi connectivity index (χ2n) is 5.22. The van der Waals surface area contributed by atoms with Crippen molar-refractivity contribution in [2.45, 2.75) is 39.2 Å². The standard InChI is InChI=1S/C15H23N3O/c1-3-12-5-7-15(19)18(9-8-12)11-13-4-6-14(16-2)17-10-13/h4,6,10,12H,3,5,7-9,11H2,1-2H3,(H,16,17). The Labute approximate surface area is 115 Å². The summed E-state index contributed by atoms with van der Waals surface area (Å²) in [6.07, 6.45) is 5.90. The van der Waals surface area contributed by atoms with Crippen molar-refractivity contribution in [3.8, 4) is 0 Å². The molecule has 0 bridgehead atoms. The fraction of sp³-hybridized carbons (Fsp3) is 0.600. The number of nitrogens with one attached hydrogen (secondary N) is 1. The Bertz CT molecular complexity index is 416. The molecule has 1 aliphatic heterocycles. The smallest absolute Gasteiger partial charge is 0.222 e. The Balaban J connectivity index is 1.98. The Morgan fingerprint density at radius 2 is 2.26 bits per heavy atom. The molecule has 2 rings (SSSR count). The molecular weight excluding hydrogens is 238 g/mol. The molecule has 2 heterocycles. The van der Waals surface area contributed by atoms with E-state index in [-0.39, 0.29) is 5.91 Å². The fourth-order valence-corrected chi connectivity index (χ4v) is 2.55. The van der Waals surface area contributed by atoms with Crippen LogP contribution in [0, 0.1) is 5.92 Å². The number of carbonyl (C=O) groups is 1. The average molecular weight is 261 g/mol. The van der Waals surface area contributed by atoms with E-state index in [2.05, 4.69) is 17.2 Å². The van der Waals surface area contributed by atoms with Crippen molar-refractivity contribution in [3.63, 3.8) is 0 Å². The van der Waals surface area contributed by atoms with Gasteiger partial charge in [-0.05, 0) is 30.4 Å². The first-order chi connectivity index (χ1) is 9.22. The molecule has 0 aromatic carbocycles. The van der Waals surface area contributed by atoms with Crippen LogP contribution in [0.4, 0.5) is 5.82 Å². The van der Waals surface area contributed by atoms with E-state index < -0.39 is 0 Å². The summed E-state index contributed by atoms with van der Waals surface area (Å²) in [5.41, 5.74) is 1.10. The number of hydrogen-bond donors (Lipinski definition) is 1. The van der Waals surface area contributed by atoms with E-state index in [4.69, 9.17) is 0 Å². The van der Waals surface area contributed by atoms with Gasteiger partial charge in [0.2, 0.25) is 5.91 Å². The van der Waals surface area contributed by atoms with Crippen LogP contribution >= 0.6 is 0 Å². The van der Waals surface area contributed by atoms with Crippen molar-refractivity contribution < 1.29 is 4.79 Å². The van der Waals surface area contributed by atoms with Crippen LogP contribution in [-0.4, -0.2) is 29.4 Å². The molecule has 4 nitrogen and oxygen atoms in total. The molecular formula is C15H23N3O. The van der Waals surface area contributed by atoms with Crippen LogP contribution in [-0.2, 0) is 11.3 Å². The maximum Gasteiger partial charge on any atom is 0.222 e. The molecule has 0 aliphatic carbocycles. The largest absolute Gasteiger partial charge is 0.373 e. The molecule has 0 spiro atoms. The second-order valence-corrected chi connectivity index (χ2v) is 5.22. The summed E-state index contributed by atoms with van der Waals surface area (Å²) >= 11 is 0. The highest BCUT2D eigenvalue weighted by Crippen LogP contribution is 2.22. The lowest BCUT2D eigenvalue weighted by molar-refractivity contribution is -0.131. The van der Waals surface area contributed by atoms with E-state index in [1.165, 1.54) is 6.42 Å². The van der Waals surface area contributed by atoms with Crippen molar-refractivity contribution in [2.24, 2.45) is 5.92 Å². The number of nitrogens with zero attached hydrogens (tertiary/aromatic N) is 2. The molecule has 1 saturated heterocycles. The Kier molecular flexibility index (Phi) is 4.77. The number of anilines is 1. The van der Waals surface area contributed by atoms with E-state index >= 15 is 0 Å². The normalized spacial score (nSPS) is 20.2. The molecule has 1 unspecified atom stereocenters. The van der Waals surface area contributed by atoms with Crippen LogP contribution in [0.3, 0.4) is 0 Å². The molecule has 4 heteroatoms. The summed E-state index contributed by atoms with van der Waals surface area (Å²) < 4.78 is 0. The third kappa shape index (κ3) is 3.69. The quantitative estimate of drug-likeness (QED) is 0.906. The molecule has 0 radical (unpaired) electrons. The molecule has 104 valence electrons. The molecule has 0 saturated carbocycles. The van der Waals surface area contributed by atoms with E-state index in [9.17, 15) is 4.79 Å². The van der Waals surface area contributed by atoms with Crippen LogP contribution in [0.15, 0.2) is 18.3 Å². The van der Waals surface area contributed by atoms with Gasteiger partial charge in [-0.2, -0.15) is 0 Å². The van der Waals surface area contributed by atoms with Gasteiger partial charge in [0.05, 0.1) is 0 Å². The van der Waals surface area contributed by atoms with Crippen molar-refractivity contribution in [1.82, 2.24) is 9.88 Å². The molecule has 19 heavy (non-hydrogen) atoms. The molecule has 1 aliphatic rings. The van der Waals surface area contributed by atoms with Crippen LogP contribution in [0.25, 0.3) is 0 Å². The first kappa shape index (κ1) is 13.8. The van der Waals surface area contributed by atoms with E-state index in [0.717, 1.165) is 30.8 Å². The van der Waals surface area contributed by atoms with Crippen molar-refractivity contribution in [3.05, 3.63) is 23.9 Å². The summed E-state index contributed by atoms with van der Waals surface area (Å²) in [6.45, 7) is 3.78. The van der Waals surface area contributed by atoms with Crippen molar-refractivity contribution in [2.75, 3.05) is 18.9 Å². The van der Waals surface area contributed by atoms with Gasteiger partial charge in [-0.3, -0.25) is 4.79 Å². The van der Waals surface area contributed by atoms with Gasteiger partial charge < -0.3 is 10.2 Å². The second kappa shape index (κ2) is 6.55. The first-order valence-corrected chi connectivity index (χ1v) is 7.13. The topological polar surface area (TPSA) is 45.2 Å². The lowest BCUT2D eigenvalue weighted by Crippen LogP contribution is -2.29. The predicted octanol–water partition coefficient (Wildman–Crippen LogP) is 2.66. The van der Waals surface area contributed by atoms with Crippen LogP contribution in [0.1, 0.15) is 38.2 Å². The highest BCUT2D eigenvalue weighted by atomic mass is 16.2. The number of likely N-dealkylation sites (tertiary alicyclic amines) is 1. The summed E-state index contributed by atoms with van der Waals surface area (Å²) in [6, 6.07) is 3.99. The van der Waals surface area contributed by atoms with Gasteiger partial charge in [-0.1, -0.05) is 19.4 Å². The van der Waals surface area contributed by atoms with Gasteiger partial charge in [0.25, 0.3) is 0 Å². The predicted molar refractivity (Wildman–Crippen MR) is 76.8 cm³/mol. The van der Waals surface area contributed by atoms with Crippen LogP contribution in [0.2, 0.25) is 0 Å². The van der Waals surface area contributed by atoms with Crippen LogP contribution < -0.4 is 5.32 Å². The molecule has 1 N–H and O–H groups in total. The highest BCUT2D eigenvalue weighted by molar-refractivity contribution is 5.76. The maximum atomic E-state index is 12.1. The molecule has 1 fully saturated rings. The summed E-state index contributed by atoms with van der Waals surface area (Å²) in [7, 11) is 1.85. The molecule has 1 atom stereocenters. The van der Waals surface area contributed by atoms with E-state index in [1.807, 2.05) is 30.3 Å². The molecule has 1 aromatic heterocycles. The zero-order chi connectivity index (χ0) is 13.7. The van der Waals surface area contributed by atoms with E-state index in [1.54, 1.807) is 0 Å². The first-order valence-electron chi connectivity index (χ1n) is 7.13. The lowest BCUT2D eigenvalue weighted by Gasteiger charge is -2.20. The van der Waals surface area contributed by atoms with Gasteiger partial charge in [-0.15, -0.1) is 0 Å². The number of carbonyl (C=O) groups excluding carboxylic acids is 1. The van der Waals surface area contributed by atoms with Gasteiger partial charge in [-0.25, -0.2) is 4.98 Å². The van der Waals surface area contributed by atoms with Gasteiger partial charge in [0.15, 0.2) is 0 Å². The van der Waals surface area contributed by atoms with E-state index in [0.29, 0.717) is 18.9 Å². The number of rotatable bonds is 4. The minimum atomic E-state index is 0.286. The van der Waals surface area contributed by atoms with Crippen LogP contribution in [0.5, 0.6) is 0 Å². The Morgan fingerprint density at radius 1 is 1.42 bits per heavy atom. The Morgan fingerprint density at radius 3 is 2.89 bits per heavy atom. The highest BCUT2D eigenvalue weighted by Gasteiger charge is 2.21. The summed E-state index contributed by atoms with van der Waals surface area (Å²) in [5.74, 6) is 1.85. The van der Waals surface area contributed by atoms with Gasteiger partial charge in [0, 0.05) is 32.8 Å². The number of hydrogen-bond acceptors (Lipinski definition) is 3. The molecule has 1 amide bonds. The van der Waals surface area contributed by atoms with Crippen molar-refractivity contribution >= 4 is 11.7 Å². The molecule has 1 aromatic rings. The lowest BCUT2D eigenvalue weighted by atomic mass is 9.98. The van der Waals surface area contributed by atoms with Crippen molar-refractivity contribution in [1.29, 1.82) is 0 Å². The summed E-state index contributed by atoms with van der Waals surface area (Å²) in [4.78, 5) is 18.4. The zero-order valence-electron chi connectivity index (χ0n) is 11.9. The number of pyridine rings is 1. The maximum absolute atomic E-state index is 12.1. The number of amides is 1. The van der Waals surface area contributed by atoms with Gasteiger partial charge >= 0.3 is 0 Å². The van der Waals surface area contributed by atoms with Gasteiger partial charge in [0.1, 0.15) is 5.82 Å². The number of aromatic nitrogens is 1. The third-order valence-corrected chi connectivity index (χ3v) is 3.96. The summed E-state index contributed by atoms with van der Waals surface area (Å²) in [5, 5.41) is 3.00. The minimum Gasteiger partial charge on any atom is -0.373 e. The Hall–Kier alpha value is -1.58. The third-order valence-electron chi connectivity index (χ3n) is 3.96. The average Bonchev–Trinajstić information content (AvgIpc) is 2.62. The monoisotopic (exact) mass is 261 g/mol. The SMILES string of the molecule is CCC1CCC(=O)N(Cc2ccc(NC)nc2)CC1. The zero-order valence-corrected chi connectivity index (χ0v) is 11.9. The fourth-order valence-electron chi connectivity index (χ4n) is 2.55. The minimum absolute atomic E-state index is 0.286.